The van der Waals surface area contributed by atoms with Gasteiger partial charge in [0.05, 0.1) is 13.2 Å². The van der Waals surface area contributed by atoms with Crippen molar-refractivity contribution in [1.82, 2.24) is 15.0 Å². The zero-order chi connectivity index (χ0) is 11.5. The fourth-order valence-corrected chi connectivity index (χ4v) is 1.66. The standard InChI is InChI=1S/C11H19N3O2/c1-8(2)14(5-6-15)7-10-12-11(13-16-10)9-3-4-9/h8-9,15H,3-7H2,1-2H3. The van der Waals surface area contributed by atoms with E-state index in [1.54, 1.807) is 0 Å². The van der Waals surface area contributed by atoms with E-state index in [-0.39, 0.29) is 6.61 Å². The van der Waals surface area contributed by atoms with E-state index in [1.165, 1.54) is 12.8 Å². The SMILES string of the molecule is CC(C)N(CCO)Cc1nc(C2CC2)no1. The molecular weight excluding hydrogens is 206 g/mol. The van der Waals surface area contributed by atoms with Crippen molar-refractivity contribution >= 4 is 0 Å². The van der Waals surface area contributed by atoms with Crippen molar-refractivity contribution in [3.8, 4) is 0 Å². The Labute approximate surface area is 95.4 Å². The molecule has 5 nitrogen and oxygen atoms in total. The van der Waals surface area contributed by atoms with Gasteiger partial charge in [-0.15, -0.1) is 0 Å². The van der Waals surface area contributed by atoms with Crippen LogP contribution in [0.4, 0.5) is 0 Å². The molecule has 0 atom stereocenters. The van der Waals surface area contributed by atoms with Crippen LogP contribution in [0.5, 0.6) is 0 Å². The van der Waals surface area contributed by atoms with Gasteiger partial charge in [0.2, 0.25) is 5.89 Å². The molecule has 0 aliphatic heterocycles. The molecule has 0 saturated heterocycles. The van der Waals surface area contributed by atoms with Crippen LogP contribution in [0.25, 0.3) is 0 Å². The lowest BCUT2D eigenvalue weighted by Crippen LogP contribution is -2.33. The molecule has 1 N–H and O–H groups in total. The zero-order valence-electron chi connectivity index (χ0n) is 9.89. The van der Waals surface area contributed by atoms with Crippen LogP contribution in [-0.2, 0) is 6.54 Å². The van der Waals surface area contributed by atoms with Crippen LogP contribution < -0.4 is 0 Å². The van der Waals surface area contributed by atoms with Crippen molar-refractivity contribution in [2.75, 3.05) is 13.2 Å². The van der Waals surface area contributed by atoms with E-state index >= 15 is 0 Å². The van der Waals surface area contributed by atoms with Crippen molar-refractivity contribution < 1.29 is 9.63 Å². The predicted octanol–water partition coefficient (Wildman–Crippen LogP) is 1.15. The largest absolute Gasteiger partial charge is 0.395 e. The molecule has 0 unspecified atom stereocenters. The lowest BCUT2D eigenvalue weighted by Gasteiger charge is -2.23. The Morgan fingerprint density at radius 3 is 2.81 bits per heavy atom. The van der Waals surface area contributed by atoms with Crippen molar-refractivity contribution in [3.05, 3.63) is 11.7 Å². The van der Waals surface area contributed by atoms with E-state index in [2.05, 4.69) is 28.9 Å². The molecule has 1 aliphatic carbocycles. The van der Waals surface area contributed by atoms with E-state index in [1.807, 2.05) is 0 Å². The van der Waals surface area contributed by atoms with Crippen LogP contribution >= 0.6 is 0 Å². The van der Waals surface area contributed by atoms with Crippen LogP contribution in [0.15, 0.2) is 4.52 Å². The normalized spacial score (nSPS) is 16.3. The molecule has 0 aromatic carbocycles. The molecule has 0 spiro atoms. The van der Waals surface area contributed by atoms with Crippen molar-refractivity contribution in [1.29, 1.82) is 0 Å². The van der Waals surface area contributed by atoms with Crippen molar-refractivity contribution in [2.24, 2.45) is 0 Å². The summed E-state index contributed by atoms with van der Waals surface area (Å²) in [7, 11) is 0. The average molecular weight is 225 g/mol. The molecule has 1 aliphatic rings. The number of aromatic nitrogens is 2. The van der Waals surface area contributed by atoms with Gasteiger partial charge in [-0.2, -0.15) is 4.98 Å². The maximum absolute atomic E-state index is 8.96. The Morgan fingerprint density at radius 2 is 2.25 bits per heavy atom. The van der Waals surface area contributed by atoms with Gasteiger partial charge in [-0.05, 0) is 26.7 Å². The number of aliphatic hydroxyl groups is 1. The van der Waals surface area contributed by atoms with Gasteiger partial charge in [0.15, 0.2) is 5.82 Å². The minimum atomic E-state index is 0.155. The van der Waals surface area contributed by atoms with Gasteiger partial charge in [-0.3, -0.25) is 4.90 Å². The molecule has 0 radical (unpaired) electrons. The number of nitrogens with zero attached hydrogens (tertiary/aromatic N) is 3. The van der Waals surface area contributed by atoms with E-state index in [0.717, 1.165) is 5.82 Å². The number of hydrogen-bond donors (Lipinski definition) is 1. The molecule has 1 aromatic rings. The van der Waals surface area contributed by atoms with Crippen LogP contribution in [0.2, 0.25) is 0 Å². The summed E-state index contributed by atoms with van der Waals surface area (Å²) in [6.07, 6.45) is 2.37. The minimum absolute atomic E-state index is 0.155. The number of hydrogen-bond acceptors (Lipinski definition) is 5. The summed E-state index contributed by atoms with van der Waals surface area (Å²) in [6.45, 7) is 5.60. The highest BCUT2D eigenvalue weighted by Gasteiger charge is 2.29. The first-order valence-electron chi connectivity index (χ1n) is 5.88. The van der Waals surface area contributed by atoms with Gasteiger partial charge < -0.3 is 9.63 Å². The summed E-state index contributed by atoms with van der Waals surface area (Å²) in [5.41, 5.74) is 0. The molecule has 2 rings (SSSR count). The first-order valence-corrected chi connectivity index (χ1v) is 5.88. The summed E-state index contributed by atoms with van der Waals surface area (Å²) in [4.78, 5) is 6.49. The lowest BCUT2D eigenvalue weighted by atomic mass is 10.3. The smallest absolute Gasteiger partial charge is 0.240 e. The molecule has 16 heavy (non-hydrogen) atoms. The molecular formula is C11H19N3O2. The monoisotopic (exact) mass is 225 g/mol. The van der Waals surface area contributed by atoms with E-state index < -0.39 is 0 Å². The molecule has 1 fully saturated rings. The van der Waals surface area contributed by atoms with Gasteiger partial charge >= 0.3 is 0 Å². The van der Waals surface area contributed by atoms with Crippen LogP contribution in [-0.4, -0.2) is 39.3 Å². The second-order valence-electron chi connectivity index (χ2n) is 4.61. The summed E-state index contributed by atoms with van der Waals surface area (Å²) >= 11 is 0. The fourth-order valence-electron chi connectivity index (χ4n) is 1.66. The third-order valence-corrected chi connectivity index (χ3v) is 2.88. The first-order chi connectivity index (χ1) is 7.70. The van der Waals surface area contributed by atoms with Crippen LogP contribution in [0, 0.1) is 0 Å². The highest BCUT2D eigenvalue weighted by Crippen LogP contribution is 2.38. The molecule has 0 amide bonds. The summed E-state index contributed by atoms with van der Waals surface area (Å²) in [5.74, 6) is 2.04. The maximum atomic E-state index is 8.96. The quantitative estimate of drug-likeness (QED) is 0.787. The maximum Gasteiger partial charge on any atom is 0.240 e. The topological polar surface area (TPSA) is 62.4 Å². The van der Waals surface area contributed by atoms with Crippen molar-refractivity contribution in [2.45, 2.75) is 45.2 Å². The Hall–Kier alpha value is -0.940. The van der Waals surface area contributed by atoms with E-state index in [0.29, 0.717) is 30.9 Å². The second-order valence-corrected chi connectivity index (χ2v) is 4.61. The van der Waals surface area contributed by atoms with Crippen molar-refractivity contribution in [3.63, 3.8) is 0 Å². The fraction of sp³-hybridized carbons (Fsp3) is 0.818. The van der Waals surface area contributed by atoms with Gasteiger partial charge in [0, 0.05) is 18.5 Å². The molecule has 0 bridgehead atoms. The summed E-state index contributed by atoms with van der Waals surface area (Å²) in [5, 5.41) is 12.9. The average Bonchev–Trinajstić information content (AvgIpc) is 2.99. The highest BCUT2D eigenvalue weighted by atomic mass is 16.5. The second kappa shape index (κ2) is 4.93. The Balaban J connectivity index is 1.94. The highest BCUT2D eigenvalue weighted by molar-refractivity contribution is 5.03. The first kappa shape index (κ1) is 11.5. The molecule has 90 valence electrons. The van der Waals surface area contributed by atoms with Gasteiger partial charge in [-0.25, -0.2) is 0 Å². The van der Waals surface area contributed by atoms with Gasteiger partial charge in [0.25, 0.3) is 0 Å². The summed E-state index contributed by atoms with van der Waals surface area (Å²) in [6, 6.07) is 0.364. The molecule has 1 heterocycles. The van der Waals surface area contributed by atoms with Gasteiger partial charge in [-0.1, -0.05) is 5.16 Å². The Kier molecular flexibility index (Phi) is 3.56. The molecule has 1 aromatic heterocycles. The Morgan fingerprint density at radius 1 is 1.50 bits per heavy atom. The molecule has 5 heteroatoms. The number of aliphatic hydroxyl groups excluding tert-OH is 1. The third-order valence-electron chi connectivity index (χ3n) is 2.88. The molecule has 1 saturated carbocycles. The summed E-state index contributed by atoms with van der Waals surface area (Å²) < 4.78 is 5.21. The lowest BCUT2D eigenvalue weighted by molar-refractivity contribution is 0.144. The third kappa shape index (κ3) is 2.80. The van der Waals surface area contributed by atoms with Crippen LogP contribution in [0.1, 0.15) is 44.3 Å². The zero-order valence-corrected chi connectivity index (χ0v) is 9.89. The van der Waals surface area contributed by atoms with E-state index in [9.17, 15) is 0 Å². The van der Waals surface area contributed by atoms with Gasteiger partial charge in [0.1, 0.15) is 0 Å². The Bertz CT molecular complexity index is 334. The van der Waals surface area contributed by atoms with E-state index in [4.69, 9.17) is 9.63 Å². The van der Waals surface area contributed by atoms with Crippen LogP contribution in [0.3, 0.4) is 0 Å². The predicted molar refractivity (Wildman–Crippen MR) is 58.9 cm³/mol. The minimum Gasteiger partial charge on any atom is -0.395 e. The number of rotatable bonds is 6.